The maximum atomic E-state index is 9.20. The van der Waals surface area contributed by atoms with E-state index in [1.165, 1.54) is 4.21 Å². The van der Waals surface area contributed by atoms with E-state index in [1.807, 2.05) is 19.9 Å². The molecule has 1 nitrogen and oxygen atoms in total. The van der Waals surface area contributed by atoms with Crippen LogP contribution >= 0.6 is 23.1 Å². The predicted octanol–water partition coefficient (Wildman–Crippen LogP) is 2.61. The van der Waals surface area contributed by atoms with E-state index in [1.54, 1.807) is 23.1 Å². The number of hydrogen-bond acceptors (Lipinski definition) is 3. The summed E-state index contributed by atoms with van der Waals surface area (Å²) >= 11 is 3.45. The highest BCUT2D eigenvalue weighted by molar-refractivity contribution is 8.01. The zero-order chi connectivity index (χ0) is 8.27. The van der Waals surface area contributed by atoms with Gasteiger partial charge in [0, 0.05) is 5.25 Å². The van der Waals surface area contributed by atoms with Gasteiger partial charge in [-0.15, -0.1) is 23.1 Å². The lowest BCUT2D eigenvalue weighted by molar-refractivity contribution is 0.196. The Morgan fingerprint density at radius 2 is 2.27 bits per heavy atom. The molecule has 11 heavy (non-hydrogen) atoms. The molecule has 1 N–H and O–H groups in total. The number of aliphatic hydroxyl groups is 1. The van der Waals surface area contributed by atoms with E-state index >= 15 is 0 Å². The predicted molar refractivity (Wildman–Crippen MR) is 51.3 cm³/mol. The molecule has 0 bridgehead atoms. The highest BCUT2D eigenvalue weighted by atomic mass is 32.2. The van der Waals surface area contributed by atoms with Crippen LogP contribution < -0.4 is 0 Å². The third-order valence-corrected chi connectivity index (χ3v) is 3.85. The average molecular weight is 188 g/mol. The monoisotopic (exact) mass is 188 g/mol. The van der Waals surface area contributed by atoms with Crippen molar-refractivity contribution < 1.29 is 5.11 Å². The van der Waals surface area contributed by atoms with Gasteiger partial charge < -0.3 is 5.11 Å². The first-order valence-corrected chi connectivity index (χ1v) is 5.34. The van der Waals surface area contributed by atoms with Gasteiger partial charge in [-0.1, -0.05) is 13.0 Å². The summed E-state index contributed by atoms with van der Waals surface area (Å²) in [4.78, 5) is 0. The Kier molecular flexibility index (Phi) is 3.43. The Morgan fingerprint density at radius 1 is 1.55 bits per heavy atom. The van der Waals surface area contributed by atoms with E-state index in [9.17, 15) is 5.11 Å². The molecule has 1 aromatic heterocycles. The molecular formula is C8H12OS2. The van der Waals surface area contributed by atoms with Gasteiger partial charge in [0.15, 0.2) is 0 Å². The van der Waals surface area contributed by atoms with E-state index < -0.39 is 0 Å². The Bertz CT molecular complexity index is 194. The van der Waals surface area contributed by atoms with Gasteiger partial charge in [0.25, 0.3) is 0 Å². The molecule has 0 amide bonds. The van der Waals surface area contributed by atoms with Crippen molar-refractivity contribution in [1.29, 1.82) is 0 Å². The Balaban J connectivity index is 2.43. The highest BCUT2D eigenvalue weighted by Gasteiger charge is 2.09. The first kappa shape index (κ1) is 9.10. The minimum Gasteiger partial charge on any atom is -0.392 e. The molecular weight excluding hydrogens is 176 g/mol. The standard InChI is InChI=1S/C8H12OS2/c1-6(9)7(2)11-8-4-3-5-10-8/h3-7,9H,1-2H3. The summed E-state index contributed by atoms with van der Waals surface area (Å²) < 4.78 is 1.28. The molecule has 0 fully saturated rings. The van der Waals surface area contributed by atoms with Crippen molar-refractivity contribution in [1.82, 2.24) is 0 Å². The quantitative estimate of drug-likeness (QED) is 0.736. The van der Waals surface area contributed by atoms with Crippen molar-refractivity contribution in [3.8, 4) is 0 Å². The molecule has 0 spiro atoms. The fraction of sp³-hybridized carbons (Fsp3) is 0.500. The zero-order valence-electron chi connectivity index (χ0n) is 6.65. The number of aliphatic hydroxyl groups excluding tert-OH is 1. The van der Waals surface area contributed by atoms with Crippen molar-refractivity contribution in [2.45, 2.75) is 29.4 Å². The summed E-state index contributed by atoms with van der Waals surface area (Å²) in [5.41, 5.74) is 0. The van der Waals surface area contributed by atoms with Crippen LogP contribution in [0.1, 0.15) is 13.8 Å². The van der Waals surface area contributed by atoms with Gasteiger partial charge in [0.2, 0.25) is 0 Å². The van der Waals surface area contributed by atoms with E-state index in [0.717, 1.165) is 0 Å². The second-order valence-electron chi connectivity index (χ2n) is 2.50. The number of rotatable bonds is 3. The number of hydrogen-bond donors (Lipinski definition) is 1. The molecule has 0 radical (unpaired) electrons. The second-order valence-corrected chi connectivity index (χ2v) is 5.12. The maximum Gasteiger partial charge on any atom is 0.0631 e. The van der Waals surface area contributed by atoms with Gasteiger partial charge in [-0.3, -0.25) is 0 Å². The lowest BCUT2D eigenvalue weighted by Crippen LogP contribution is -2.14. The molecule has 0 aliphatic carbocycles. The van der Waals surface area contributed by atoms with Gasteiger partial charge in [-0.25, -0.2) is 0 Å². The topological polar surface area (TPSA) is 20.2 Å². The Morgan fingerprint density at radius 3 is 2.73 bits per heavy atom. The van der Waals surface area contributed by atoms with Crippen LogP contribution in [0.25, 0.3) is 0 Å². The molecule has 1 rings (SSSR count). The van der Waals surface area contributed by atoms with E-state index in [-0.39, 0.29) is 11.4 Å². The van der Waals surface area contributed by atoms with Crippen LogP contribution in [0.2, 0.25) is 0 Å². The van der Waals surface area contributed by atoms with Crippen LogP contribution in [-0.2, 0) is 0 Å². The fourth-order valence-corrected chi connectivity index (χ4v) is 2.63. The lowest BCUT2D eigenvalue weighted by atomic mass is 10.3. The highest BCUT2D eigenvalue weighted by Crippen LogP contribution is 2.28. The molecule has 0 aromatic carbocycles. The third kappa shape index (κ3) is 2.85. The average Bonchev–Trinajstić information content (AvgIpc) is 2.39. The molecule has 62 valence electrons. The van der Waals surface area contributed by atoms with Gasteiger partial charge in [-0.2, -0.15) is 0 Å². The summed E-state index contributed by atoms with van der Waals surface area (Å²) in [6.07, 6.45) is -0.234. The van der Waals surface area contributed by atoms with Gasteiger partial charge in [-0.05, 0) is 18.4 Å². The SMILES string of the molecule is CC(O)C(C)Sc1cccs1. The molecule has 0 saturated heterocycles. The largest absolute Gasteiger partial charge is 0.392 e. The molecule has 2 unspecified atom stereocenters. The van der Waals surface area contributed by atoms with Crippen LogP contribution in [0.3, 0.4) is 0 Å². The Hall–Kier alpha value is 0.01000. The first-order chi connectivity index (χ1) is 5.20. The molecule has 3 heteroatoms. The smallest absolute Gasteiger partial charge is 0.0631 e. The summed E-state index contributed by atoms with van der Waals surface area (Å²) in [7, 11) is 0. The van der Waals surface area contributed by atoms with Gasteiger partial charge in [0.1, 0.15) is 0 Å². The van der Waals surface area contributed by atoms with Crippen molar-refractivity contribution in [2.75, 3.05) is 0 Å². The normalized spacial score (nSPS) is 16.3. The van der Waals surface area contributed by atoms with E-state index in [2.05, 4.69) is 11.4 Å². The summed E-state index contributed by atoms with van der Waals surface area (Å²) in [5, 5.41) is 11.5. The molecule has 1 aromatic rings. The molecule has 2 atom stereocenters. The van der Waals surface area contributed by atoms with Crippen LogP contribution in [-0.4, -0.2) is 16.5 Å². The number of thiophene rings is 1. The third-order valence-electron chi connectivity index (χ3n) is 1.48. The number of thioether (sulfide) groups is 1. The molecule has 0 aliphatic rings. The van der Waals surface area contributed by atoms with E-state index in [4.69, 9.17) is 0 Å². The summed E-state index contributed by atoms with van der Waals surface area (Å²) in [6, 6.07) is 4.11. The fourth-order valence-electron chi connectivity index (χ4n) is 0.612. The molecule has 1 heterocycles. The van der Waals surface area contributed by atoms with Crippen LogP contribution in [0.4, 0.5) is 0 Å². The Labute approximate surface area is 75.4 Å². The van der Waals surface area contributed by atoms with Crippen LogP contribution in [0.15, 0.2) is 21.7 Å². The molecule has 0 aliphatic heterocycles. The van der Waals surface area contributed by atoms with Gasteiger partial charge in [0.05, 0.1) is 10.3 Å². The summed E-state index contributed by atoms with van der Waals surface area (Å²) in [6.45, 7) is 3.86. The maximum absolute atomic E-state index is 9.20. The van der Waals surface area contributed by atoms with Crippen LogP contribution in [0, 0.1) is 0 Å². The first-order valence-electron chi connectivity index (χ1n) is 3.58. The van der Waals surface area contributed by atoms with E-state index in [0.29, 0.717) is 0 Å². The minimum atomic E-state index is -0.234. The van der Waals surface area contributed by atoms with Crippen molar-refractivity contribution in [3.63, 3.8) is 0 Å². The minimum absolute atomic E-state index is 0.234. The van der Waals surface area contributed by atoms with Crippen molar-refractivity contribution in [3.05, 3.63) is 17.5 Å². The van der Waals surface area contributed by atoms with Crippen LogP contribution in [0.5, 0.6) is 0 Å². The van der Waals surface area contributed by atoms with Crippen molar-refractivity contribution >= 4 is 23.1 Å². The summed E-state index contributed by atoms with van der Waals surface area (Å²) in [5.74, 6) is 0. The van der Waals surface area contributed by atoms with Crippen molar-refractivity contribution in [2.24, 2.45) is 0 Å². The molecule has 0 saturated carbocycles. The lowest BCUT2D eigenvalue weighted by Gasteiger charge is -2.11. The second kappa shape index (κ2) is 4.14. The van der Waals surface area contributed by atoms with Gasteiger partial charge >= 0.3 is 0 Å². The zero-order valence-corrected chi connectivity index (χ0v) is 8.28.